The van der Waals surface area contributed by atoms with E-state index in [1.54, 1.807) is 0 Å². The van der Waals surface area contributed by atoms with Crippen LogP contribution in [0.25, 0.3) is 0 Å². The highest BCUT2D eigenvalue weighted by Crippen LogP contribution is 2.06. The van der Waals surface area contributed by atoms with Crippen LogP contribution in [0.1, 0.15) is 11.4 Å². The van der Waals surface area contributed by atoms with Crippen LogP contribution in [0.15, 0.2) is 30.3 Å². The number of rotatable bonds is 3. The Morgan fingerprint density at radius 2 is 1.94 bits per heavy atom. The molecule has 0 fully saturated rings. The van der Waals surface area contributed by atoms with Gasteiger partial charge < -0.3 is 0 Å². The average molecular weight is 240 g/mol. The molecule has 8 heteroatoms. The van der Waals surface area contributed by atoms with Crippen molar-refractivity contribution in [2.45, 2.75) is 6.42 Å². The van der Waals surface area contributed by atoms with Gasteiger partial charge in [-0.1, -0.05) is 34.4 Å². The van der Waals surface area contributed by atoms with E-state index in [4.69, 9.17) is 4.55 Å². The molecule has 0 saturated carbocycles. The number of tetrazole rings is 1. The summed E-state index contributed by atoms with van der Waals surface area (Å²) in [5.41, 5.74) is 0.849. The summed E-state index contributed by atoms with van der Waals surface area (Å²) in [7, 11) is -4.43. The van der Waals surface area contributed by atoms with Gasteiger partial charge in [-0.15, -0.1) is 5.10 Å². The van der Waals surface area contributed by atoms with Crippen LogP contribution in [-0.4, -0.2) is 32.6 Å². The highest BCUT2D eigenvalue weighted by atomic mass is 32.2. The Morgan fingerprint density at radius 3 is 2.56 bits per heavy atom. The minimum atomic E-state index is -4.43. The lowest BCUT2D eigenvalue weighted by molar-refractivity contribution is 0.461. The van der Waals surface area contributed by atoms with E-state index in [1.807, 2.05) is 30.3 Å². The second kappa shape index (κ2) is 3.99. The van der Waals surface area contributed by atoms with Gasteiger partial charge in [-0.3, -0.25) is 4.55 Å². The van der Waals surface area contributed by atoms with Gasteiger partial charge in [0, 0.05) is 6.42 Å². The molecule has 0 aliphatic carbocycles. The van der Waals surface area contributed by atoms with E-state index in [9.17, 15) is 8.42 Å². The monoisotopic (exact) mass is 240 g/mol. The van der Waals surface area contributed by atoms with Gasteiger partial charge in [0.1, 0.15) is 0 Å². The second-order valence-electron chi connectivity index (χ2n) is 3.08. The predicted molar refractivity (Wildman–Crippen MR) is 54.0 cm³/mol. The highest BCUT2D eigenvalue weighted by molar-refractivity contribution is 7.84. The zero-order valence-corrected chi connectivity index (χ0v) is 8.87. The minimum absolute atomic E-state index is 0.0636. The Bertz CT molecular complexity index is 578. The lowest BCUT2D eigenvalue weighted by atomic mass is 10.1. The smallest absolute Gasteiger partial charge is 0.268 e. The summed E-state index contributed by atoms with van der Waals surface area (Å²) >= 11 is 0. The molecule has 0 atom stereocenters. The van der Waals surface area contributed by atoms with E-state index in [1.165, 1.54) is 0 Å². The zero-order chi connectivity index (χ0) is 11.6. The Balaban J connectivity index is 2.34. The molecule has 1 aromatic carbocycles. The van der Waals surface area contributed by atoms with Crippen molar-refractivity contribution in [3.05, 3.63) is 41.7 Å². The Kier molecular flexibility index (Phi) is 2.67. The topological polar surface area (TPSA) is 98.0 Å². The second-order valence-corrected chi connectivity index (χ2v) is 4.32. The first-order chi connectivity index (χ1) is 7.57. The van der Waals surface area contributed by atoms with Crippen LogP contribution in [0, 0.1) is 0 Å². The lowest BCUT2D eigenvalue weighted by Crippen LogP contribution is -2.16. The van der Waals surface area contributed by atoms with Crippen LogP contribution < -0.4 is 0 Å². The Labute approximate surface area is 91.6 Å². The van der Waals surface area contributed by atoms with E-state index in [0.29, 0.717) is 4.09 Å². The predicted octanol–water partition coefficient (Wildman–Crippen LogP) is -0.0852. The molecular formula is C8H8N4O3S. The van der Waals surface area contributed by atoms with Gasteiger partial charge >= 0.3 is 10.3 Å². The fourth-order valence-electron chi connectivity index (χ4n) is 1.26. The summed E-state index contributed by atoms with van der Waals surface area (Å²) in [5.74, 6) is 0.0636. The molecule has 1 heterocycles. The molecule has 0 aliphatic rings. The zero-order valence-electron chi connectivity index (χ0n) is 8.05. The van der Waals surface area contributed by atoms with Gasteiger partial charge in [-0.2, -0.15) is 8.42 Å². The third kappa shape index (κ3) is 2.23. The van der Waals surface area contributed by atoms with Gasteiger partial charge in [0.05, 0.1) is 0 Å². The first-order valence-corrected chi connectivity index (χ1v) is 5.76. The molecule has 0 saturated heterocycles. The van der Waals surface area contributed by atoms with E-state index in [-0.39, 0.29) is 12.2 Å². The molecule has 84 valence electrons. The molecular weight excluding hydrogens is 232 g/mol. The van der Waals surface area contributed by atoms with Crippen molar-refractivity contribution in [2.24, 2.45) is 0 Å². The molecule has 7 nitrogen and oxygen atoms in total. The maximum Gasteiger partial charge on any atom is 0.382 e. The first-order valence-electron chi connectivity index (χ1n) is 4.36. The van der Waals surface area contributed by atoms with Gasteiger partial charge in [0.15, 0.2) is 5.82 Å². The van der Waals surface area contributed by atoms with E-state index in [0.717, 1.165) is 5.56 Å². The average Bonchev–Trinajstić information content (AvgIpc) is 2.67. The standard InChI is InChI=1S/C8H8N4O3S/c13-16(14,15)12-8(9-10-11-12)6-7-4-2-1-3-5-7/h1-5H,6H2,(H,13,14,15). The molecule has 0 amide bonds. The molecule has 1 aromatic heterocycles. The summed E-state index contributed by atoms with van der Waals surface area (Å²) in [4.78, 5) is 0. The van der Waals surface area contributed by atoms with Gasteiger partial charge in [0.2, 0.25) is 0 Å². The highest BCUT2D eigenvalue weighted by Gasteiger charge is 2.16. The number of aromatic nitrogens is 4. The fraction of sp³-hybridized carbons (Fsp3) is 0.125. The number of hydrogen-bond acceptors (Lipinski definition) is 5. The maximum atomic E-state index is 10.9. The number of nitrogens with zero attached hydrogens (tertiary/aromatic N) is 4. The molecule has 1 N–H and O–H groups in total. The van der Waals surface area contributed by atoms with E-state index in [2.05, 4.69) is 15.5 Å². The van der Waals surface area contributed by atoms with Crippen molar-refractivity contribution in [2.75, 3.05) is 0 Å². The van der Waals surface area contributed by atoms with Crippen LogP contribution in [-0.2, 0) is 16.7 Å². The molecule has 16 heavy (non-hydrogen) atoms. The van der Waals surface area contributed by atoms with Crippen molar-refractivity contribution in [3.8, 4) is 0 Å². The van der Waals surface area contributed by atoms with Crippen LogP contribution in [0.5, 0.6) is 0 Å². The fourth-order valence-corrected chi connectivity index (χ4v) is 1.75. The summed E-state index contributed by atoms with van der Waals surface area (Å²) in [6.07, 6.45) is 0.230. The van der Waals surface area contributed by atoms with Crippen molar-refractivity contribution >= 4 is 10.3 Å². The third-order valence-corrected chi connectivity index (χ3v) is 2.65. The molecule has 0 radical (unpaired) electrons. The minimum Gasteiger partial charge on any atom is -0.268 e. The van der Waals surface area contributed by atoms with Crippen LogP contribution in [0.2, 0.25) is 0 Å². The van der Waals surface area contributed by atoms with Gasteiger partial charge in [-0.25, -0.2) is 0 Å². The third-order valence-electron chi connectivity index (χ3n) is 1.93. The summed E-state index contributed by atoms with van der Waals surface area (Å²) in [6, 6.07) is 9.09. The molecule has 2 aromatic rings. The van der Waals surface area contributed by atoms with Gasteiger partial charge in [-0.05, 0) is 16.0 Å². The molecule has 0 aliphatic heterocycles. The van der Waals surface area contributed by atoms with Crippen molar-refractivity contribution in [1.82, 2.24) is 19.6 Å². The molecule has 0 spiro atoms. The number of hydrogen-bond donors (Lipinski definition) is 1. The van der Waals surface area contributed by atoms with Crippen LogP contribution in [0.4, 0.5) is 0 Å². The van der Waals surface area contributed by atoms with E-state index < -0.39 is 10.3 Å². The summed E-state index contributed by atoms with van der Waals surface area (Å²) < 4.78 is 31.0. The molecule has 0 unspecified atom stereocenters. The lowest BCUT2D eigenvalue weighted by Gasteiger charge is -2.00. The summed E-state index contributed by atoms with van der Waals surface area (Å²) in [6.45, 7) is 0. The van der Waals surface area contributed by atoms with E-state index >= 15 is 0 Å². The largest absolute Gasteiger partial charge is 0.382 e. The molecule has 0 bridgehead atoms. The maximum absolute atomic E-state index is 10.9. The number of benzene rings is 1. The quantitative estimate of drug-likeness (QED) is 0.753. The van der Waals surface area contributed by atoms with Gasteiger partial charge in [0.25, 0.3) is 0 Å². The summed E-state index contributed by atoms with van der Waals surface area (Å²) in [5, 5.41) is 9.95. The molecule has 2 rings (SSSR count). The Morgan fingerprint density at radius 1 is 1.25 bits per heavy atom. The normalized spacial score (nSPS) is 11.6. The van der Waals surface area contributed by atoms with Crippen molar-refractivity contribution in [1.29, 1.82) is 0 Å². The van der Waals surface area contributed by atoms with Crippen LogP contribution in [0.3, 0.4) is 0 Å². The Hall–Kier alpha value is -1.80. The SMILES string of the molecule is O=S(=O)(O)n1nnnc1Cc1ccccc1. The van der Waals surface area contributed by atoms with Crippen molar-refractivity contribution in [3.63, 3.8) is 0 Å². The first kappa shape index (κ1) is 10.7. The van der Waals surface area contributed by atoms with Crippen molar-refractivity contribution < 1.29 is 13.0 Å². The van der Waals surface area contributed by atoms with Crippen LogP contribution >= 0.6 is 0 Å².